The van der Waals surface area contributed by atoms with E-state index in [4.69, 9.17) is 5.73 Å². The van der Waals surface area contributed by atoms with E-state index >= 15 is 0 Å². The van der Waals surface area contributed by atoms with Crippen molar-refractivity contribution >= 4 is 11.7 Å². The van der Waals surface area contributed by atoms with Crippen molar-refractivity contribution < 1.29 is 4.79 Å². The third-order valence-corrected chi connectivity index (χ3v) is 4.49. The van der Waals surface area contributed by atoms with Crippen molar-refractivity contribution in [3.63, 3.8) is 0 Å². The SMILES string of the molecule is Cc1cc(N2CCC(NC(=O)CCCCCCN)CC2)nc(C)n1. The summed E-state index contributed by atoms with van der Waals surface area (Å²) in [7, 11) is 0. The fraction of sp³-hybridized carbons (Fsp3) is 0.722. The number of nitrogens with two attached hydrogens (primary N) is 1. The van der Waals surface area contributed by atoms with E-state index in [0.717, 1.165) is 75.5 Å². The van der Waals surface area contributed by atoms with Crippen LogP contribution in [0.2, 0.25) is 0 Å². The molecule has 6 heteroatoms. The van der Waals surface area contributed by atoms with Crippen LogP contribution in [0.15, 0.2) is 6.07 Å². The molecule has 0 aliphatic carbocycles. The molecule has 0 saturated carbocycles. The van der Waals surface area contributed by atoms with Gasteiger partial charge in [0.1, 0.15) is 11.6 Å². The summed E-state index contributed by atoms with van der Waals surface area (Å²) >= 11 is 0. The Morgan fingerprint density at radius 3 is 2.58 bits per heavy atom. The number of rotatable bonds is 8. The summed E-state index contributed by atoms with van der Waals surface area (Å²) in [6.45, 7) is 6.53. The number of amides is 1. The molecule has 1 saturated heterocycles. The summed E-state index contributed by atoms with van der Waals surface area (Å²) in [5.41, 5.74) is 6.48. The second-order valence-corrected chi connectivity index (χ2v) is 6.70. The Kier molecular flexibility index (Phi) is 7.43. The van der Waals surface area contributed by atoms with Crippen LogP contribution in [0.1, 0.15) is 56.5 Å². The van der Waals surface area contributed by atoms with E-state index in [1.54, 1.807) is 0 Å². The van der Waals surface area contributed by atoms with Gasteiger partial charge in [-0.3, -0.25) is 4.79 Å². The minimum atomic E-state index is 0.190. The number of aromatic nitrogens is 2. The highest BCUT2D eigenvalue weighted by molar-refractivity contribution is 5.76. The highest BCUT2D eigenvalue weighted by Gasteiger charge is 2.21. The molecule has 0 spiro atoms. The van der Waals surface area contributed by atoms with Crippen LogP contribution in [-0.4, -0.2) is 41.6 Å². The van der Waals surface area contributed by atoms with E-state index in [2.05, 4.69) is 20.2 Å². The Balaban J connectivity index is 1.69. The van der Waals surface area contributed by atoms with E-state index in [1.807, 2.05) is 19.9 Å². The van der Waals surface area contributed by atoms with E-state index in [-0.39, 0.29) is 5.91 Å². The monoisotopic (exact) mass is 333 g/mol. The Morgan fingerprint density at radius 2 is 1.92 bits per heavy atom. The Bertz CT molecular complexity index is 506. The van der Waals surface area contributed by atoms with Gasteiger partial charge in [0, 0.05) is 37.3 Å². The molecular formula is C18H31N5O. The van der Waals surface area contributed by atoms with Crippen molar-refractivity contribution in [1.82, 2.24) is 15.3 Å². The highest BCUT2D eigenvalue weighted by atomic mass is 16.1. The fourth-order valence-corrected chi connectivity index (χ4v) is 3.20. The summed E-state index contributed by atoms with van der Waals surface area (Å²) in [6.07, 6.45) is 6.82. The van der Waals surface area contributed by atoms with Crippen molar-refractivity contribution in [2.75, 3.05) is 24.5 Å². The molecule has 1 aliphatic rings. The number of carbonyl (C=O) groups excluding carboxylic acids is 1. The maximum absolute atomic E-state index is 12.0. The molecule has 0 unspecified atom stereocenters. The Labute approximate surface area is 145 Å². The lowest BCUT2D eigenvalue weighted by atomic mass is 10.0. The molecule has 24 heavy (non-hydrogen) atoms. The molecule has 134 valence electrons. The van der Waals surface area contributed by atoms with Gasteiger partial charge < -0.3 is 16.0 Å². The molecule has 0 radical (unpaired) electrons. The molecule has 6 nitrogen and oxygen atoms in total. The quantitative estimate of drug-likeness (QED) is 0.712. The molecule has 0 bridgehead atoms. The number of nitrogens with zero attached hydrogens (tertiary/aromatic N) is 3. The fourth-order valence-electron chi connectivity index (χ4n) is 3.20. The molecule has 0 aromatic carbocycles. The van der Waals surface area contributed by atoms with Gasteiger partial charge in [-0.25, -0.2) is 9.97 Å². The molecule has 1 amide bonds. The summed E-state index contributed by atoms with van der Waals surface area (Å²) in [6, 6.07) is 2.33. The van der Waals surface area contributed by atoms with Gasteiger partial charge in [0.2, 0.25) is 5.91 Å². The number of anilines is 1. The Hall–Kier alpha value is -1.69. The summed E-state index contributed by atoms with van der Waals surface area (Å²) in [5, 5.41) is 3.18. The predicted octanol–water partition coefficient (Wildman–Crippen LogP) is 2.09. The van der Waals surface area contributed by atoms with Gasteiger partial charge in [0.25, 0.3) is 0 Å². The van der Waals surface area contributed by atoms with Crippen LogP contribution in [-0.2, 0) is 4.79 Å². The minimum absolute atomic E-state index is 0.190. The van der Waals surface area contributed by atoms with Crippen LogP contribution in [0.3, 0.4) is 0 Å². The van der Waals surface area contributed by atoms with Crippen molar-refractivity contribution in [1.29, 1.82) is 0 Å². The average molecular weight is 333 g/mol. The van der Waals surface area contributed by atoms with E-state index in [1.165, 1.54) is 0 Å². The molecule has 1 aromatic heterocycles. The molecule has 2 rings (SSSR count). The van der Waals surface area contributed by atoms with E-state index in [9.17, 15) is 4.79 Å². The number of hydrogen-bond donors (Lipinski definition) is 2. The second kappa shape index (κ2) is 9.57. The van der Waals surface area contributed by atoms with Crippen molar-refractivity contribution in [3.8, 4) is 0 Å². The number of carbonyl (C=O) groups is 1. The number of unbranched alkanes of at least 4 members (excludes halogenated alkanes) is 3. The predicted molar refractivity (Wildman–Crippen MR) is 97.0 cm³/mol. The number of hydrogen-bond acceptors (Lipinski definition) is 5. The number of nitrogens with one attached hydrogen (secondary N) is 1. The summed E-state index contributed by atoms with van der Waals surface area (Å²) < 4.78 is 0. The van der Waals surface area contributed by atoms with Crippen LogP contribution < -0.4 is 16.0 Å². The van der Waals surface area contributed by atoms with Crippen molar-refractivity contribution in [2.24, 2.45) is 5.73 Å². The molecule has 3 N–H and O–H groups in total. The van der Waals surface area contributed by atoms with Crippen LogP contribution in [0.25, 0.3) is 0 Å². The van der Waals surface area contributed by atoms with E-state index < -0.39 is 0 Å². The van der Waals surface area contributed by atoms with Gasteiger partial charge in [0.05, 0.1) is 0 Å². The maximum atomic E-state index is 12.0. The lowest BCUT2D eigenvalue weighted by Crippen LogP contribution is -2.45. The Morgan fingerprint density at radius 1 is 1.21 bits per heavy atom. The van der Waals surface area contributed by atoms with Crippen LogP contribution >= 0.6 is 0 Å². The maximum Gasteiger partial charge on any atom is 0.220 e. The average Bonchev–Trinajstić information content (AvgIpc) is 2.54. The molecule has 1 aliphatic heterocycles. The summed E-state index contributed by atoms with van der Waals surface area (Å²) in [4.78, 5) is 23.2. The van der Waals surface area contributed by atoms with Crippen molar-refractivity contribution in [3.05, 3.63) is 17.6 Å². The molecule has 0 atom stereocenters. The summed E-state index contributed by atoms with van der Waals surface area (Å²) in [5.74, 6) is 2.01. The van der Waals surface area contributed by atoms with Crippen LogP contribution in [0, 0.1) is 13.8 Å². The molecule has 1 aromatic rings. The van der Waals surface area contributed by atoms with E-state index in [0.29, 0.717) is 12.5 Å². The second-order valence-electron chi connectivity index (χ2n) is 6.70. The molecule has 1 fully saturated rings. The van der Waals surface area contributed by atoms with Crippen LogP contribution in [0.5, 0.6) is 0 Å². The smallest absolute Gasteiger partial charge is 0.220 e. The standard InChI is InChI=1S/C18H31N5O/c1-14-13-17(21-15(2)20-14)23-11-8-16(9-12-23)22-18(24)7-5-3-4-6-10-19/h13,16H,3-12,19H2,1-2H3,(H,22,24). The lowest BCUT2D eigenvalue weighted by molar-refractivity contribution is -0.122. The topological polar surface area (TPSA) is 84.1 Å². The third kappa shape index (κ3) is 6.07. The minimum Gasteiger partial charge on any atom is -0.356 e. The van der Waals surface area contributed by atoms with Gasteiger partial charge in [-0.2, -0.15) is 0 Å². The van der Waals surface area contributed by atoms with Crippen molar-refractivity contribution in [2.45, 2.75) is 64.8 Å². The third-order valence-electron chi connectivity index (χ3n) is 4.49. The van der Waals surface area contributed by atoms with Gasteiger partial charge in [-0.15, -0.1) is 0 Å². The van der Waals surface area contributed by atoms with Gasteiger partial charge >= 0.3 is 0 Å². The first kappa shape index (κ1) is 18.6. The zero-order valence-corrected chi connectivity index (χ0v) is 15.1. The number of piperidine rings is 1. The largest absolute Gasteiger partial charge is 0.356 e. The van der Waals surface area contributed by atoms with Crippen LogP contribution in [0.4, 0.5) is 5.82 Å². The van der Waals surface area contributed by atoms with Gasteiger partial charge in [-0.05, 0) is 46.1 Å². The molecule has 2 heterocycles. The number of aryl methyl sites for hydroxylation is 2. The lowest BCUT2D eigenvalue weighted by Gasteiger charge is -2.33. The normalized spacial score (nSPS) is 15.5. The first-order valence-corrected chi connectivity index (χ1v) is 9.15. The first-order valence-electron chi connectivity index (χ1n) is 9.15. The first-order chi connectivity index (χ1) is 11.6. The zero-order valence-electron chi connectivity index (χ0n) is 15.1. The van der Waals surface area contributed by atoms with Gasteiger partial charge in [-0.1, -0.05) is 12.8 Å². The molecular weight excluding hydrogens is 302 g/mol. The zero-order chi connectivity index (χ0) is 17.4. The highest BCUT2D eigenvalue weighted by Crippen LogP contribution is 2.19. The van der Waals surface area contributed by atoms with Gasteiger partial charge in [0.15, 0.2) is 0 Å².